The second-order valence-electron chi connectivity index (χ2n) is 4.33. The summed E-state index contributed by atoms with van der Waals surface area (Å²) in [6, 6.07) is 0.405. The average Bonchev–Trinajstić information content (AvgIpc) is 2.79. The van der Waals surface area contributed by atoms with Crippen LogP contribution in [0, 0.1) is 11.3 Å². The summed E-state index contributed by atoms with van der Waals surface area (Å²) in [6.07, 6.45) is 4.60. The Morgan fingerprint density at radius 2 is 2.25 bits per heavy atom. The first-order chi connectivity index (χ1) is 5.69. The third-order valence-corrected chi connectivity index (χ3v) is 3.78. The lowest BCUT2D eigenvalue weighted by atomic mass is 9.74. The molecule has 2 atom stereocenters. The molecule has 0 radical (unpaired) electrons. The van der Waals surface area contributed by atoms with Crippen LogP contribution in [-0.2, 0) is 4.79 Å². The summed E-state index contributed by atoms with van der Waals surface area (Å²) in [6.45, 7) is 4.38. The fraction of sp³-hybridized carbons (Fsp3) is 0.900. The van der Waals surface area contributed by atoms with Gasteiger partial charge in [0.05, 0.1) is 0 Å². The van der Waals surface area contributed by atoms with E-state index >= 15 is 0 Å². The summed E-state index contributed by atoms with van der Waals surface area (Å²) >= 11 is 0. The van der Waals surface area contributed by atoms with E-state index in [1.165, 1.54) is 12.8 Å². The second-order valence-corrected chi connectivity index (χ2v) is 4.33. The zero-order valence-electron chi connectivity index (χ0n) is 7.89. The Morgan fingerprint density at radius 3 is 2.58 bits per heavy atom. The van der Waals surface area contributed by atoms with Gasteiger partial charge in [0.25, 0.3) is 0 Å². The first kappa shape index (κ1) is 8.09. The Bertz CT molecular complexity index is 210. The quantitative estimate of drug-likeness (QED) is 0.666. The van der Waals surface area contributed by atoms with E-state index in [4.69, 9.17) is 0 Å². The lowest BCUT2D eigenvalue weighted by molar-refractivity contribution is -0.119. The maximum Gasteiger partial charge on any atom is 0.220 e. The number of carbonyl (C=O) groups is 1. The van der Waals surface area contributed by atoms with Crippen LogP contribution in [0.2, 0.25) is 0 Å². The van der Waals surface area contributed by atoms with Crippen molar-refractivity contribution in [1.82, 2.24) is 5.32 Å². The van der Waals surface area contributed by atoms with Gasteiger partial charge >= 0.3 is 0 Å². The van der Waals surface area contributed by atoms with Gasteiger partial charge in [0.2, 0.25) is 5.91 Å². The molecule has 0 aromatic rings. The molecule has 1 heterocycles. The summed E-state index contributed by atoms with van der Waals surface area (Å²) in [7, 11) is 0. The predicted molar refractivity (Wildman–Crippen MR) is 47.7 cm³/mol. The largest absolute Gasteiger partial charge is 0.353 e. The number of hydrogen-bond acceptors (Lipinski definition) is 1. The molecule has 1 aliphatic carbocycles. The van der Waals surface area contributed by atoms with Gasteiger partial charge in [-0.1, -0.05) is 6.92 Å². The van der Waals surface area contributed by atoms with Crippen molar-refractivity contribution in [3.8, 4) is 0 Å². The van der Waals surface area contributed by atoms with Crippen molar-refractivity contribution in [3.63, 3.8) is 0 Å². The van der Waals surface area contributed by atoms with Gasteiger partial charge in [0, 0.05) is 17.9 Å². The molecule has 0 aromatic heterocycles. The summed E-state index contributed by atoms with van der Waals surface area (Å²) in [5.74, 6) is 1.09. The van der Waals surface area contributed by atoms with Crippen LogP contribution >= 0.6 is 0 Å². The first-order valence-corrected chi connectivity index (χ1v) is 4.98. The van der Waals surface area contributed by atoms with E-state index in [0.29, 0.717) is 11.5 Å². The van der Waals surface area contributed by atoms with E-state index in [9.17, 15) is 4.79 Å². The van der Waals surface area contributed by atoms with Crippen LogP contribution in [0.1, 0.15) is 39.5 Å². The molecular weight excluding hydrogens is 150 g/mol. The molecule has 2 fully saturated rings. The predicted octanol–water partition coefficient (Wildman–Crippen LogP) is 1.70. The van der Waals surface area contributed by atoms with Crippen LogP contribution in [0.5, 0.6) is 0 Å². The van der Waals surface area contributed by atoms with E-state index in [2.05, 4.69) is 19.2 Å². The highest BCUT2D eigenvalue weighted by Crippen LogP contribution is 2.53. The van der Waals surface area contributed by atoms with Gasteiger partial charge < -0.3 is 5.32 Å². The van der Waals surface area contributed by atoms with Gasteiger partial charge in [-0.15, -0.1) is 0 Å². The van der Waals surface area contributed by atoms with Gasteiger partial charge in [0.1, 0.15) is 0 Å². The normalized spacial score (nSPS) is 41.5. The van der Waals surface area contributed by atoms with Crippen molar-refractivity contribution in [3.05, 3.63) is 0 Å². The number of hydrogen-bond donors (Lipinski definition) is 1. The molecule has 2 heteroatoms. The van der Waals surface area contributed by atoms with Crippen molar-refractivity contribution < 1.29 is 4.79 Å². The first-order valence-electron chi connectivity index (χ1n) is 4.98. The average molecular weight is 167 g/mol. The molecule has 1 aliphatic heterocycles. The van der Waals surface area contributed by atoms with Crippen molar-refractivity contribution >= 4 is 5.91 Å². The fourth-order valence-electron chi connectivity index (χ4n) is 2.76. The maximum absolute atomic E-state index is 11.2. The van der Waals surface area contributed by atoms with Crippen molar-refractivity contribution in [2.45, 2.75) is 45.6 Å². The Morgan fingerprint density at radius 1 is 1.58 bits per heavy atom. The van der Waals surface area contributed by atoms with E-state index in [1.807, 2.05) is 0 Å². The third kappa shape index (κ3) is 0.970. The highest BCUT2D eigenvalue weighted by molar-refractivity contribution is 5.80. The zero-order valence-corrected chi connectivity index (χ0v) is 7.89. The van der Waals surface area contributed by atoms with E-state index in [1.54, 1.807) is 0 Å². The molecule has 1 amide bonds. The monoisotopic (exact) mass is 167 g/mol. The lowest BCUT2D eigenvalue weighted by Gasteiger charge is -2.30. The smallest absolute Gasteiger partial charge is 0.220 e. The molecule has 68 valence electrons. The van der Waals surface area contributed by atoms with E-state index in [-0.39, 0.29) is 5.91 Å². The molecule has 2 rings (SSSR count). The minimum absolute atomic E-state index is 0.260. The lowest BCUT2D eigenvalue weighted by Crippen LogP contribution is -2.35. The molecule has 0 spiro atoms. The van der Waals surface area contributed by atoms with Gasteiger partial charge in [-0.2, -0.15) is 0 Å². The summed E-state index contributed by atoms with van der Waals surface area (Å²) in [4.78, 5) is 11.2. The van der Waals surface area contributed by atoms with Gasteiger partial charge in [-0.05, 0) is 32.1 Å². The van der Waals surface area contributed by atoms with Crippen molar-refractivity contribution in [2.75, 3.05) is 0 Å². The van der Waals surface area contributed by atoms with E-state index in [0.717, 1.165) is 18.8 Å². The molecule has 0 aromatic carbocycles. The minimum Gasteiger partial charge on any atom is -0.353 e. The van der Waals surface area contributed by atoms with Crippen LogP contribution in [0.25, 0.3) is 0 Å². The minimum atomic E-state index is 0.260. The second kappa shape index (κ2) is 2.48. The Kier molecular flexibility index (Phi) is 1.67. The molecule has 2 aliphatic rings. The third-order valence-electron chi connectivity index (χ3n) is 3.78. The zero-order chi connectivity index (χ0) is 8.77. The molecule has 1 saturated carbocycles. The molecule has 0 bridgehead atoms. The van der Waals surface area contributed by atoms with Crippen molar-refractivity contribution in [2.24, 2.45) is 11.3 Å². The molecule has 1 N–H and O–H groups in total. The van der Waals surface area contributed by atoms with Gasteiger partial charge in [-0.25, -0.2) is 0 Å². The Labute approximate surface area is 73.7 Å². The van der Waals surface area contributed by atoms with E-state index < -0.39 is 0 Å². The molecule has 12 heavy (non-hydrogen) atoms. The number of carbonyl (C=O) groups excluding carboxylic acids is 1. The van der Waals surface area contributed by atoms with Crippen LogP contribution in [0.3, 0.4) is 0 Å². The maximum atomic E-state index is 11.2. The SMILES string of the molecule is CCC1(C2CC2)CC(=O)NC1C. The fourth-order valence-corrected chi connectivity index (χ4v) is 2.76. The van der Waals surface area contributed by atoms with Crippen LogP contribution in [0.4, 0.5) is 0 Å². The topological polar surface area (TPSA) is 29.1 Å². The van der Waals surface area contributed by atoms with Crippen LogP contribution in [0.15, 0.2) is 0 Å². The molecule has 1 saturated heterocycles. The Balaban J connectivity index is 2.20. The summed E-state index contributed by atoms with van der Waals surface area (Å²) in [5, 5.41) is 3.04. The molecule has 2 nitrogen and oxygen atoms in total. The summed E-state index contributed by atoms with van der Waals surface area (Å²) < 4.78 is 0. The van der Waals surface area contributed by atoms with Crippen molar-refractivity contribution in [1.29, 1.82) is 0 Å². The molecule has 2 unspecified atom stereocenters. The van der Waals surface area contributed by atoms with Crippen LogP contribution in [-0.4, -0.2) is 11.9 Å². The van der Waals surface area contributed by atoms with Crippen LogP contribution < -0.4 is 5.32 Å². The summed E-state index contributed by atoms with van der Waals surface area (Å²) in [5.41, 5.74) is 0.317. The number of amides is 1. The highest BCUT2D eigenvalue weighted by Gasteiger charge is 2.52. The standard InChI is InChI=1S/C10H17NO/c1-3-10(8-4-5-8)6-9(12)11-7(10)2/h7-8H,3-6H2,1-2H3,(H,11,12). The highest BCUT2D eigenvalue weighted by atomic mass is 16.2. The number of rotatable bonds is 2. The molecular formula is C10H17NO. The number of nitrogens with one attached hydrogen (secondary N) is 1. The van der Waals surface area contributed by atoms with Gasteiger partial charge in [-0.3, -0.25) is 4.79 Å². The van der Waals surface area contributed by atoms with Gasteiger partial charge in [0.15, 0.2) is 0 Å². The Hall–Kier alpha value is -0.530.